The van der Waals surface area contributed by atoms with Gasteiger partial charge in [0.1, 0.15) is 5.82 Å². The molecule has 0 bridgehead atoms. The molecule has 0 radical (unpaired) electrons. The summed E-state index contributed by atoms with van der Waals surface area (Å²) in [7, 11) is 0. The third-order valence-electron chi connectivity index (χ3n) is 7.44. The highest BCUT2D eigenvalue weighted by Crippen LogP contribution is 2.26. The van der Waals surface area contributed by atoms with Crippen molar-refractivity contribution in [2.75, 3.05) is 44.2 Å². The number of piperidine rings is 1. The number of ketones is 1. The first-order valence-corrected chi connectivity index (χ1v) is 12.5. The molecule has 3 aromatic carbocycles. The molecule has 2 fully saturated rings. The Balaban J connectivity index is 1.16. The van der Waals surface area contributed by atoms with Crippen LogP contribution in [0.2, 0.25) is 0 Å². The van der Waals surface area contributed by atoms with Gasteiger partial charge in [0, 0.05) is 56.3 Å². The van der Waals surface area contributed by atoms with Crippen LogP contribution in [-0.4, -0.2) is 66.7 Å². The van der Waals surface area contributed by atoms with Crippen molar-refractivity contribution >= 4 is 34.1 Å². The van der Waals surface area contributed by atoms with Crippen LogP contribution in [0.4, 0.5) is 10.1 Å². The van der Waals surface area contributed by atoms with E-state index in [0.29, 0.717) is 68.9 Å². The number of amides is 2. The molecule has 0 saturated carbocycles. The van der Waals surface area contributed by atoms with E-state index in [1.54, 1.807) is 12.1 Å². The van der Waals surface area contributed by atoms with E-state index in [4.69, 9.17) is 0 Å². The van der Waals surface area contributed by atoms with Crippen molar-refractivity contribution in [1.29, 1.82) is 0 Å². The normalized spacial score (nSPS) is 16.9. The van der Waals surface area contributed by atoms with Crippen LogP contribution < -0.4 is 4.90 Å². The van der Waals surface area contributed by atoms with Crippen LogP contribution in [0.15, 0.2) is 60.7 Å². The zero-order valence-electron chi connectivity index (χ0n) is 20.5. The van der Waals surface area contributed by atoms with E-state index in [1.807, 2.05) is 57.2 Å². The Hall–Kier alpha value is -3.74. The van der Waals surface area contributed by atoms with Crippen LogP contribution in [0, 0.1) is 11.7 Å². The van der Waals surface area contributed by atoms with Gasteiger partial charge >= 0.3 is 0 Å². The Kier molecular flexibility index (Phi) is 6.72. The number of Topliss-reactive ketones (excluding diaryl/α,β-unsaturated/α-hetero) is 1. The first-order valence-electron chi connectivity index (χ1n) is 12.5. The van der Waals surface area contributed by atoms with Crippen molar-refractivity contribution in [3.63, 3.8) is 0 Å². The molecule has 186 valence electrons. The highest BCUT2D eigenvalue weighted by atomic mass is 19.1. The number of halogens is 1. The van der Waals surface area contributed by atoms with Gasteiger partial charge in [0.15, 0.2) is 5.78 Å². The van der Waals surface area contributed by atoms with Crippen molar-refractivity contribution in [3.05, 3.63) is 77.6 Å². The maximum absolute atomic E-state index is 14.5. The Morgan fingerprint density at radius 1 is 0.806 bits per heavy atom. The van der Waals surface area contributed by atoms with Gasteiger partial charge in [0.25, 0.3) is 5.91 Å². The number of carbonyl (C=O) groups excluding carboxylic acids is 3. The quantitative estimate of drug-likeness (QED) is 0.513. The average Bonchev–Trinajstić information content (AvgIpc) is 2.92. The Morgan fingerprint density at radius 2 is 1.50 bits per heavy atom. The van der Waals surface area contributed by atoms with Crippen molar-refractivity contribution in [2.24, 2.45) is 5.92 Å². The minimum Gasteiger partial charge on any atom is -0.366 e. The largest absolute Gasteiger partial charge is 0.366 e. The molecule has 6 nitrogen and oxygen atoms in total. The second-order valence-electron chi connectivity index (χ2n) is 9.63. The number of carbonyl (C=O) groups is 3. The molecular formula is C29H30FN3O3. The van der Waals surface area contributed by atoms with Gasteiger partial charge in [-0.15, -0.1) is 0 Å². The molecule has 0 spiro atoms. The van der Waals surface area contributed by atoms with E-state index in [-0.39, 0.29) is 23.5 Å². The molecule has 7 heteroatoms. The van der Waals surface area contributed by atoms with E-state index < -0.39 is 5.82 Å². The van der Waals surface area contributed by atoms with E-state index in [1.165, 1.54) is 13.0 Å². The molecule has 3 aromatic rings. The summed E-state index contributed by atoms with van der Waals surface area (Å²) in [5.74, 6) is -0.533. The number of hydrogen-bond donors (Lipinski definition) is 0. The fourth-order valence-electron chi connectivity index (χ4n) is 5.32. The number of nitrogens with zero attached hydrogens (tertiary/aromatic N) is 3. The Bertz CT molecular complexity index is 1300. The fourth-order valence-corrected chi connectivity index (χ4v) is 5.32. The summed E-state index contributed by atoms with van der Waals surface area (Å²) >= 11 is 0. The highest BCUT2D eigenvalue weighted by molar-refractivity contribution is 6.07. The molecule has 0 aliphatic carbocycles. The summed E-state index contributed by atoms with van der Waals surface area (Å²) in [4.78, 5) is 43.6. The standard InChI is InChI=1S/C29H30FN3O3/c1-20(34)23-9-10-27(26(30)19-23)31-15-17-33(18-16-31)28(35)22-11-13-32(14-12-22)29(36)25-8-4-6-21-5-2-3-7-24(21)25/h2-10,19,22H,11-18H2,1H3. The molecule has 2 amide bonds. The number of fused-ring (bicyclic) bond motifs is 1. The SMILES string of the molecule is CC(=O)c1ccc(N2CCN(C(=O)C3CCN(C(=O)c4cccc5ccccc45)CC3)CC2)c(F)c1. The van der Waals surface area contributed by atoms with Gasteiger partial charge in [-0.25, -0.2) is 4.39 Å². The van der Waals surface area contributed by atoms with E-state index >= 15 is 0 Å². The topological polar surface area (TPSA) is 60.9 Å². The van der Waals surface area contributed by atoms with Crippen LogP contribution in [0.5, 0.6) is 0 Å². The molecule has 2 aliphatic heterocycles. The molecule has 0 N–H and O–H groups in total. The molecular weight excluding hydrogens is 457 g/mol. The van der Waals surface area contributed by atoms with E-state index in [9.17, 15) is 18.8 Å². The predicted molar refractivity (Wildman–Crippen MR) is 138 cm³/mol. The number of hydrogen-bond acceptors (Lipinski definition) is 4. The summed E-state index contributed by atoms with van der Waals surface area (Å²) in [5.41, 5.74) is 1.53. The first kappa shape index (κ1) is 24.0. The van der Waals surface area contributed by atoms with Crippen LogP contribution in [-0.2, 0) is 4.79 Å². The number of anilines is 1. The van der Waals surface area contributed by atoms with E-state index in [0.717, 1.165) is 10.8 Å². The third-order valence-corrected chi connectivity index (χ3v) is 7.44. The lowest BCUT2D eigenvalue weighted by molar-refractivity contribution is -0.137. The second kappa shape index (κ2) is 10.1. The maximum atomic E-state index is 14.5. The number of likely N-dealkylation sites (tertiary alicyclic amines) is 1. The number of rotatable bonds is 4. The Labute approximate surface area is 210 Å². The van der Waals surface area contributed by atoms with Gasteiger partial charge in [0.2, 0.25) is 5.91 Å². The monoisotopic (exact) mass is 487 g/mol. The molecule has 2 heterocycles. The van der Waals surface area contributed by atoms with Crippen molar-refractivity contribution in [1.82, 2.24) is 9.80 Å². The molecule has 0 aromatic heterocycles. The smallest absolute Gasteiger partial charge is 0.254 e. The van der Waals surface area contributed by atoms with Gasteiger partial charge in [-0.2, -0.15) is 0 Å². The highest BCUT2D eigenvalue weighted by Gasteiger charge is 2.32. The van der Waals surface area contributed by atoms with Gasteiger partial charge in [-0.1, -0.05) is 36.4 Å². The summed E-state index contributed by atoms with van der Waals surface area (Å²) < 4.78 is 14.5. The van der Waals surface area contributed by atoms with Crippen LogP contribution in [0.1, 0.15) is 40.5 Å². The van der Waals surface area contributed by atoms with Crippen LogP contribution in [0.25, 0.3) is 10.8 Å². The molecule has 5 rings (SSSR count). The number of piperazine rings is 1. The molecule has 36 heavy (non-hydrogen) atoms. The Morgan fingerprint density at radius 3 is 2.19 bits per heavy atom. The summed E-state index contributed by atoms with van der Waals surface area (Å²) in [6, 6.07) is 18.3. The van der Waals surface area contributed by atoms with Crippen molar-refractivity contribution in [2.45, 2.75) is 19.8 Å². The molecule has 0 unspecified atom stereocenters. The lowest BCUT2D eigenvalue weighted by Gasteiger charge is -2.39. The summed E-state index contributed by atoms with van der Waals surface area (Å²) in [5, 5.41) is 2.00. The first-order chi connectivity index (χ1) is 17.4. The zero-order chi connectivity index (χ0) is 25.2. The predicted octanol–water partition coefficient (Wildman–Crippen LogP) is 4.38. The summed E-state index contributed by atoms with van der Waals surface area (Å²) in [6.45, 7) is 4.69. The van der Waals surface area contributed by atoms with Crippen molar-refractivity contribution < 1.29 is 18.8 Å². The van der Waals surface area contributed by atoms with Gasteiger partial charge in [-0.3, -0.25) is 14.4 Å². The minimum atomic E-state index is -0.411. The molecule has 0 atom stereocenters. The molecule has 2 aliphatic rings. The second-order valence-corrected chi connectivity index (χ2v) is 9.63. The molecule has 2 saturated heterocycles. The zero-order valence-corrected chi connectivity index (χ0v) is 20.5. The minimum absolute atomic E-state index is 0.0177. The van der Waals surface area contributed by atoms with Gasteiger partial charge in [0.05, 0.1) is 5.69 Å². The summed E-state index contributed by atoms with van der Waals surface area (Å²) in [6.07, 6.45) is 1.30. The number of benzene rings is 3. The van der Waals surface area contributed by atoms with Crippen LogP contribution >= 0.6 is 0 Å². The van der Waals surface area contributed by atoms with Crippen molar-refractivity contribution in [3.8, 4) is 0 Å². The van der Waals surface area contributed by atoms with Gasteiger partial charge < -0.3 is 14.7 Å². The average molecular weight is 488 g/mol. The maximum Gasteiger partial charge on any atom is 0.254 e. The van der Waals surface area contributed by atoms with E-state index in [2.05, 4.69) is 0 Å². The third kappa shape index (κ3) is 4.70. The lowest BCUT2D eigenvalue weighted by atomic mass is 9.94. The van der Waals surface area contributed by atoms with Gasteiger partial charge in [-0.05, 0) is 54.8 Å². The lowest BCUT2D eigenvalue weighted by Crippen LogP contribution is -2.52. The fraction of sp³-hybridized carbons (Fsp3) is 0.345. The van der Waals surface area contributed by atoms with Crippen LogP contribution in [0.3, 0.4) is 0 Å².